The van der Waals surface area contributed by atoms with Crippen LogP contribution >= 0.6 is 0 Å². The first kappa shape index (κ1) is 12.0. The Hall–Kier alpha value is -2.08. The number of nitrogens with zero attached hydrogens (tertiary/aromatic N) is 1. The summed E-state index contributed by atoms with van der Waals surface area (Å²) in [6.45, 7) is 0. The molecule has 0 saturated carbocycles. The molecule has 2 heterocycles. The minimum Gasteiger partial charge on any atom is -0.497 e. The van der Waals surface area contributed by atoms with Crippen molar-refractivity contribution in [2.24, 2.45) is 0 Å². The van der Waals surface area contributed by atoms with Gasteiger partial charge >= 0.3 is 5.97 Å². The molecule has 6 heteroatoms. The molecule has 2 aromatic rings. The number of oxazole rings is 1. The van der Waals surface area contributed by atoms with Crippen LogP contribution in [0.15, 0.2) is 22.6 Å². The van der Waals surface area contributed by atoms with E-state index < -0.39 is 12.1 Å². The fourth-order valence-electron chi connectivity index (χ4n) is 2.19. The summed E-state index contributed by atoms with van der Waals surface area (Å²) in [5, 5.41) is 8.89. The van der Waals surface area contributed by atoms with Gasteiger partial charge in [0.1, 0.15) is 17.4 Å². The standard InChI is InChI=1S/C13H13NO5/c1-17-7-2-3-9-8(6-7)14-12(19-9)10-4-5-11(18-10)13(15)16/h2-3,6,10-11H,4-5H2,1H3,(H,15,16). The Bertz CT molecular complexity index is 621. The van der Waals surface area contributed by atoms with E-state index in [2.05, 4.69) is 4.98 Å². The number of aromatic nitrogens is 1. The van der Waals surface area contributed by atoms with E-state index >= 15 is 0 Å². The number of aliphatic carboxylic acids is 1. The normalized spacial score (nSPS) is 22.8. The van der Waals surface area contributed by atoms with E-state index in [-0.39, 0.29) is 6.10 Å². The summed E-state index contributed by atoms with van der Waals surface area (Å²) in [6.07, 6.45) is -0.0859. The highest BCUT2D eigenvalue weighted by Crippen LogP contribution is 2.34. The Morgan fingerprint density at radius 1 is 1.47 bits per heavy atom. The van der Waals surface area contributed by atoms with E-state index in [1.54, 1.807) is 25.3 Å². The number of benzene rings is 1. The van der Waals surface area contributed by atoms with Crippen LogP contribution in [0.5, 0.6) is 5.75 Å². The van der Waals surface area contributed by atoms with Gasteiger partial charge in [-0.1, -0.05) is 0 Å². The van der Waals surface area contributed by atoms with Gasteiger partial charge in [-0.25, -0.2) is 9.78 Å². The zero-order chi connectivity index (χ0) is 13.4. The van der Waals surface area contributed by atoms with Crippen LogP contribution in [0.25, 0.3) is 11.1 Å². The molecule has 2 atom stereocenters. The van der Waals surface area contributed by atoms with Crippen molar-refractivity contribution in [3.05, 3.63) is 24.1 Å². The molecule has 6 nitrogen and oxygen atoms in total. The summed E-state index contributed by atoms with van der Waals surface area (Å²) in [6, 6.07) is 5.33. The van der Waals surface area contributed by atoms with Crippen LogP contribution in [0.2, 0.25) is 0 Å². The zero-order valence-corrected chi connectivity index (χ0v) is 10.3. The molecule has 1 aromatic carbocycles. The summed E-state index contributed by atoms with van der Waals surface area (Å²) < 4.78 is 16.1. The molecule has 0 bridgehead atoms. The Labute approximate surface area is 108 Å². The minimum atomic E-state index is -0.944. The molecule has 1 aromatic heterocycles. The van der Waals surface area contributed by atoms with Crippen molar-refractivity contribution in [3.63, 3.8) is 0 Å². The second kappa shape index (κ2) is 4.55. The highest BCUT2D eigenvalue weighted by molar-refractivity contribution is 5.74. The number of rotatable bonds is 3. The topological polar surface area (TPSA) is 81.8 Å². The largest absolute Gasteiger partial charge is 0.497 e. The van der Waals surface area contributed by atoms with Crippen LogP contribution in [0.4, 0.5) is 0 Å². The van der Waals surface area contributed by atoms with Crippen molar-refractivity contribution in [2.75, 3.05) is 7.11 Å². The van der Waals surface area contributed by atoms with Gasteiger partial charge in [0, 0.05) is 6.07 Å². The van der Waals surface area contributed by atoms with Gasteiger partial charge in [0.25, 0.3) is 0 Å². The summed E-state index contributed by atoms with van der Waals surface area (Å²) in [4.78, 5) is 15.2. The predicted octanol–water partition coefficient (Wildman–Crippen LogP) is 2.14. The number of carboxylic acids is 1. The summed E-state index contributed by atoms with van der Waals surface area (Å²) in [5.41, 5.74) is 1.31. The first-order valence-corrected chi connectivity index (χ1v) is 6.00. The number of methoxy groups -OCH3 is 1. The predicted molar refractivity (Wildman–Crippen MR) is 65.0 cm³/mol. The molecule has 2 unspecified atom stereocenters. The number of ether oxygens (including phenoxy) is 2. The van der Waals surface area contributed by atoms with Gasteiger partial charge in [0.15, 0.2) is 11.7 Å². The second-order valence-corrected chi connectivity index (χ2v) is 4.41. The minimum absolute atomic E-state index is 0.389. The smallest absolute Gasteiger partial charge is 0.332 e. The molecule has 0 radical (unpaired) electrons. The number of carbonyl (C=O) groups is 1. The Kier molecular flexibility index (Phi) is 2.87. The Morgan fingerprint density at radius 2 is 2.32 bits per heavy atom. The molecule has 1 aliphatic heterocycles. The van der Waals surface area contributed by atoms with Gasteiger partial charge in [-0.2, -0.15) is 0 Å². The first-order chi connectivity index (χ1) is 9.17. The van der Waals surface area contributed by atoms with Gasteiger partial charge in [-0.15, -0.1) is 0 Å². The van der Waals surface area contributed by atoms with Gasteiger partial charge in [0.2, 0.25) is 5.89 Å². The van der Waals surface area contributed by atoms with Crippen molar-refractivity contribution in [2.45, 2.75) is 25.0 Å². The Balaban J connectivity index is 1.88. The van der Waals surface area contributed by atoms with Gasteiger partial charge in [0.05, 0.1) is 7.11 Å². The van der Waals surface area contributed by atoms with E-state index in [4.69, 9.17) is 19.0 Å². The number of carboxylic acid groups (broad SMARTS) is 1. The van der Waals surface area contributed by atoms with Crippen LogP contribution in [-0.2, 0) is 9.53 Å². The third kappa shape index (κ3) is 2.15. The van der Waals surface area contributed by atoms with E-state index in [9.17, 15) is 4.79 Å². The molecule has 0 amide bonds. The lowest BCUT2D eigenvalue weighted by Gasteiger charge is -2.06. The first-order valence-electron chi connectivity index (χ1n) is 6.00. The van der Waals surface area contributed by atoms with Crippen LogP contribution in [0, 0.1) is 0 Å². The molecular weight excluding hydrogens is 250 g/mol. The maximum atomic E-state index is 10.8. The molecular formula is C13H13NO5. The number of hydrogen-bond acceptors (Lipinski definition) is 5. The Morgan fingerprint density at radius 3 is 3.00 bits per heavy atom. The van der Waals surface area contributed by atoms with E-state index in [1.165, 1.54) is 0 Å². The van der Waals surface area contributed by atoms with Gasteiger partial charge in [-0.3, -0.25) is 0 Å². The SMILES string of the molecule is COc1ccc2oc(C3CCC(C(=O)O)O3)nc2c1. The molecule has 0 aliphatic carbocycles. The monoisotopic (exact) mass is 263 g/mol. The van der Waals surface area contributed by atoms with Crippen LogP contribution in [0.3, 0.4) is 0 Å². The average molecular weight is 263 g/mol. The molecule has 0 spiro atoms. The van der Waals surface area contributed by atoms with Gasteiger partial charge in [-0.05, 0) is 25.0 Å². The van der Waals surface area contributed by atoms with Crippen molar-refractivity contribution in [1.82, 2.24) is 4.98 Å². The second-order valence-electron chi connectivity index (χ2n) is 4.41. The van der Waals surface area contributed by atoms with E-state index in [1.807, 2.05) is 0 Å². The quantitative estimate of drug-likeness (QED) is 0.913. The fourth-order valence-corrected chi connectivity index (χ4v) is 2.19. The summed E-state index contributed by atoms with van der Waals surface area (Å²) in [5.74, 6) is 0.176. The van der Waals surface area contributed by atoms with Crippen LogP contribution in [-0.4, -0.2) is 29.3 Å². The highest BCUT2D eigenvalue weighted by Gasteiger charge is 2.34. The lowest BCUT2D eigenvalue weighted by Crippen LogP contribution is -2.18. The fraction of sp³-hybridized carbons (Fsp3) is 0.385. The lowest BCUT2D eigenvalue weighted by atomic mass is 10.2. The van der Waals surface area contributed by atoms with Crippen LogP contribution in [0.1, 0.15) is 24.8 Å². The lowest BCUT2D eigenvalue weighted by molar-refractivity contribution is -0.149. The average Bonchev–Trinajstić information content (AvgIpc) is 3.04. The van der Waals surface area contributed by atoms with Crippen molar-refractivity contribution >= 4 is 17.1 Å². The highest BCUT2D eigenvalue weighted by atomic mass is 16.5. The van der Waals surface area contributed by atoms with Gasteiger partial charge < -0.3 is 19.0 Å². The zero-order valence-electron chi connectivity index (χ0n) is 10.3. The number of fused-ring (bicyclic) bond motifs is 1. The molecule has 100 valence electrons. The van der Waals surface area contributed by atoms with Crippen LogP contribution < -0.4 is 4.74 Å². The maximum absolute atomic E-state index is 10.8. The molecule has 1 N–H and O–H groups in total. The van der Waals surface area contributed by atoms with E-state index in [0.29, 0.717) is 35.6 Å². The third-order valence-electron chi connectivity index (χ3n) is 3.18. The molecule has 1 aliphatic rings. The maximum Gasteiger partial charge on any atom is 0.332 e. The molecule has 3 rings (SSSR count). The van der Waals surface area contributed by atoms with E-state index in [0.717, 1.165) is 0 Å². The molecule has 1 saturated heterocycles. The number of hydrogen-bond donors (Lipinski definition) is 1. The summed E-state index contributed by atoms with van der Waals surface area (Å²) >= 11 is 0. The van der Waals surface area contributed by atoms with Crippen molar-refractivity contribution in [3.8, 4) is 5.75 Å². The molecule has 19 heavy (non-hydrogen) atoms. The summed E-state index contributed by atoms with van der Waals surface area (Å²) in [7, 11) is 1.58. The molecule has 1 fully saturated rings. The third-order valence-corrected chi connectivity index (χ3v) is 3.18. The van der Waals surface area contributed by atoms with Crippen molar-refractivity contribution in [1.29, 1.82) is 0 Å². The van der Waals surface area contributed by atoms with Crippen molar-refractivity contribution < 1.29 is 23.8 Å².